The molecule has 10 nitrogen and oxygen atoms in total. The molecule has 0 radical (unpaired) electrons. The van der Waals surface area contributed by atoms with E-state index in [1.165, 1.54) is 6.92 Å². The van der Waals surface area contributed by atoms with E-state index in [2.05, 4.69) is 36.4 Å². The number of ether oxygens (including phenoxy) is 2. The molecule has 0 spiro atoms. The second-order valence-electron chi connectivity index (χ2n) is 8.37. The van der Waals surface area contributed by atoms with Gasteiger partial charge in [0.15, 0.2) is 6.29 Å². The summed E-state index contributed by atoms with van der Waals surface area (Å²) in [5.74, 6) is -0.384. The quantitative estimate of drug-likeness (QED) is 0.417. The van der Waals surface area contributed by atoms with E-state index >= 15 is 0 Å². The molecule has 10 heteroatoms. The summed E-state index contributed by atoms with van der Waals surface area (Å²) in [4.78, 5) is 11.4. The average molecular weight is 400 g/mol. The van der Waals surface area contributed by atoms with Crippen molar-refractivity contribution in [3.05, 3.63) is 11.9 Å². The number of aliphatic hydroxyl groups excluding tert-OH is 3. The topological polar surface area (TPSA) is 139 Å². The number of carbonyl (C=O) groups excluding carboxylic acids is 1. The fourth-order valence-corrected chi connectivity index (χ4v) is 3.11. The van der Waals surface area contributed by atoms with Crippen LogP contribution in [0.1, 0.15) is 39.8 Å². The molecule has 1 aromatic heterocycles. The van der Waals surface area contributed by atoms with Gasteiger partial charge in [0.05, 0.1) is 18.9 Å². The zero-order valence-electron chi connectivity index (χ0n) is 16.9. The van der Waals surface area contributed by atoms with Gasteiger partial charge in [0, 0.05) is 19.7 Å². The number of amides is 1. The number of aliphatic hydroxyl groups is 3. The maximum atomic E-state index is 11.4. The SMILES string of the molecule is CC(=O)NC1[C@H](OCCCn2cc(CC(C)(C)C)nn2)OC(CO)[C@@H](O)[C@@H]1O. The minimum Gasteiger partial charge on any atom is -0.394 e. The molecular weight excluding hydrogens is 368 g/mol. The lowest BCUT2D eigenvalue weighted by molar-refractivity contribution is -0.270. The average Bonchev–Trinajstić information content (AvgIpc) is 3.02. The van der Waals surface area contributed by atoms with Crippen LogP contribution in [0.15, 0.2) is 6.20 Å². The fraction of sp³-hybridized carbons (Fsp3) is 0.833. The number of rotatable bonds is 8. The van der Waals surface area contributed by atoms with Crippen LogP contribution in [0.2, 0.25) is 0 Å². The van der Waals surface area contributed by atoms with Crippen LogP contribution in [0.3, 0.4) is 0 Å². The predicted octanol–water partition coefficient (Wildman–Crippen LogP) is -0.783. The number of aromatic nitrogens is 3. The molecule has 0 aliphatic carbocycles. The molecule has 0 aromatic carbocycles. The summed E-state index contributed by atoms with van der Waals surface area (Å²) in [5.41, 5.74) is 1.06. The molecule has 1 aliphatic heterocycles. The van der Waals surface area contributed by atoms with Crippen molar-refractivity contribution in [2.45, 2.75) is 77.7 Å². The molecule has 1 saturated heterocycles. The molecule has 1 aliphatic rings. The highest BCUT2D eigenvalue weighted by molar-refractivity contribution is 5.73. The summed E-state index contributed by atoms with van der Waals surface area (Å²) < 4.78 is 12.9. The Bertz CT molecular complexity index is 632. The van der Waals surface area contributed by atoms with Crippen LogP contribution < -0.4 is 5.32 Å². The van der Waals surface area contributed by atoms with Crippen molar-refractivity contribution in [1.82, 2.24) is 20.3 Å². The lowest BCUT2D eigenvalue weighted by atomic mass is 9.91. The van der Waals surface area contributed by atoms with Crippen LogP contribution in [0.5, 0.6) is 0 Å². The van der Waals surface area contributed by atoms with Crippen molar-refractivity contribution in [3.63, 3.8) is 0 Å². The van der Waals surface area contributed by atoms with Crippen molar-refractivity contribution in [2.75, 3.05) is 13.2 Å². The summed E-state index contributed by atoms with van der Waals surface area (Å²) in [5, 5.41) is 40.3. The minimum atomic E-state index is -1.32. The first-order chi connectivity index (χ1) is 13.1. The normalized spacial score (nSPS) is 28.3. The Balaban J connectivity index is 1.86. The van der Waals surface area contributed by atoms with E-state index < -0.39 is 37.3 Å². The third-order valence-electron chi connectivity index (χ3n) is 4.36. The van der Waals surface area contributed by atoms with Gasteiger partial charge in [-0.05, 0) is 18.3 Å². The number of nitrogens with one attached hydrogen (secondary N) is 1. The first-order valence-electron chi connectivity index (χ1n) is 9.51. The largest absolute Gasteiger partial charge is 0.394 e. The maximum absolute atomic E-state index is 11.4. The van der Waals surface area contributed by atoms with Gasteiger partial charge in [-0.25, -0.2) is 0 Å². The molecule has 5 atom stereocenters. The van der Waals surface area contributed by atoms with Crippen LogP contribution in [-0.2, 0) is 27.2 Å². The molecule has 28 heavy (non-hydrogen) atoms. The third kappa shape index (κ3) is 6.49. The Morgan fingerprint density at radius 2 is 2.07 bits per heavy atom. The molecule has 1 aromatic rings. The van der Waals surface area contributed by atoms with E-state index in [1.807, 2.05) is 6.20 Å². The van der Waals surface area contributed by atoms with Gasteiger partial charge in [0.1, 0.15) is 24.4 Å². The van der Waals surface area contributed by atoms with Crippen LogP contribution in [0.25, 0.3) is 0 Å². The van der Waals surface area contributed by atoms with Gasteiger partial charge in [0.25, 0.3) is 0 Å². The van der Waals surface area contributed by atoms with E-state index in [-0.39, 0.29) is 17.9 Å². The summed E-state index contributed by atoms with van der Waals surface area (Å²) in [6.45, 7) is 8.11. The van der Waals surface area contributed by atoms with Crippen LogP contribution in [0.4, 0.5) is 0 Å². The maximum Gasteiger partial charge on any atom is 0.217 e. The molecular formula is C18H32N4O6. The molecule has 0 saturated carbocycles. The molecule has 2 unspecified atom stereocenters. The monoisotopic (exact) mass is 400 g/mol. The van der Waals surface area contributed by atoms with Gasteiger partial charge in [-0.2, -0.15) is 0 Å². The molecule has 2 heterocycles. The van der Waals surface area contributed by atoms with Gasteiger partial charge in [-0.1, -0.05) is 26.0 Å². The number of carbonyl (C=O) groups is 1. The van der Waals surface area contributed by atoms with Gasteiger partial charge in [-0.3, -0.25) is 9.48 Å². The third-order valence-corrected chi connectivity index (χ3v) is 4.36. The van der Waals surface area contributed by atoms with E-state index in [4.69, 9.17) is 9.47 Å². The molecule has 160 valence electrons. The summed E-state index contributed by atoms with van der Waals surface area (Å²) in [7, 11) is 0. The Morgan fingerprint density at radius 3 is 2.68 bits per heavy atom. The highest BCUT2D eigenvalue weighted by atomic mass is 16.7. The lowest BCUT2D eigenvalue weighted by Gasteiger charge is -2.42. The molecule has 1 fully saturated rings. The standard InChI is InChI=1S/C18H32N4O6/c1-11(24)19-14-16(26)15(25)13(10-23)28-17(14)27-7-5-6-22-9-12(20-21-22)8-18(2,3)4/h9,13-17,23,25-26H,5-8,10H2,1-4H3,(H,19,24)/t13?,14?,15-,16-,17-/m1/s1. The van der Waals surface area contributed by atoms with E-state index in [9.17, 15) is 20.1 Å². The van der Waals surface area contributed by atoms with Crippen molar-refractivity contribution >= 4 is 5.91 Å². The Labute approximate surface area is 164 Å². The Kier molecular flexibility index (Phi) is 7.90. The number of hydrogen-bond acceptors (Lipinski definition) is 8. The second-order valence-corrected chi connectivity index (χ2v) is 8.37. The van der Waals surface area contributed by atoms with Crippen LogP contribution >= 0.6 is 0 Å². The van der Waals surface area contributed by atoms with Gasteiger partial charge in [-0.15, -0.1) is 5.10 Å². The van der Waals surface area contributed by atoms with Gasteiger partial charge < -0.3 is 30.1 Å². The van der Waals surface area contributed by atoms with Crippen molar-refractivity contribution < 1.29 is 29.6 Å². The van der Waals surface area contributed by atoms with Gasteiger partial charge in [0.2, 0.25) is 5.91 Å². The summed E-state index contributed by atoms with van der Waals surface area (Å²) in [6.07, 6.45) is -1.25. The molecule has 2 rings (SSSR count). The van der Waals surface area contributed by atoms with E-state index in [0.717, 1.165) is 12.1 Å². The first-order valence-corrected chi connectivity index (χ1v) is 9.51. The van der Waals surface area contributed by atoms with Crippen molar-refractivity contribution in [3.8, 4) is 0 Å². The minimum absolute atomic E-state index is 0.135. The first kappa shape index (κ1) is 22.7. The zero-order valence-corrected chi connectivity index (χ0v) is 16.9. The van der Waals surface area contributed by atoms with Gasteiger partial charge >= 0.3 is 0 Å². The van der Waals surface area contributed by atoms with Crippen molar-refractivity contribution in [1.29, 1.82) is 0 Å². The predicted molar refractivity (Wildman–Crippen MR) is 99.1 cm³/mol. The summed E-state index contributed by atoms with van der Waals surface area (Å²) in [6, 6.07) is -0.931. The lowest BCUT2D eigenvalue weighted by Crippen LogP contribution is -2.64. The summed E-state index contributed by atoms with van der Waals surface area (Å²) >= 11 is 0. The van der Waals surface area contributed by atoms with Crippen molar-refractivity contribution in [2.24, 2.45) is 5.41 Å². The zero-order chi connectivity index (χ0) is 20.9. The molecule has 4 N–H and O–H groups in total. The Morgan fingerprint density at radius 1 is 1.36 bits per heavy atom. The fourth-order valence-electron chi connectivity index (χ4n) is 3.11. The van der Waals surface area contributed by atoms with Crippen LogP contribution in [-0.4, -0.2) is 80.1 Å². The van der Waals surface area contributed by atoms with Crippen LogP contribution in [0, 0.1) is 5.41 Å². The highest BCUT2D eigenvalue weighted by Crippen LogP contribution is 2.22. The van der Waals surface area contributed by atoms with E-state index in [0.29, 0.717) is 13.0 Å². The Hall–Kier alpha value is -1.59. The molecule has 1 amide bonds. The number of nitrogens with zero attached hydrogens (tertiary/aromatic N) is 3. The number of hydrogen-bond donors (Lipinski definition) is 4. The highest BCUT2D eigenvalue weighted by Gasteiger charge is 2.45. The van der Waals surface area contributed by atoms with E-state index in [1.54, 1.807) is 4.68 Å². The number of aryl methyl sites for hydroxylation is 1. The second kappa shape index (κ2) is 9.75. The smallest absolute Gasteiger partial charge is 0.217 e. The molecule has 0 bridgehead atoms.